The van der Waals surface area contributed by atoms with E-state index in [1.165, 1.54) is 0 Å². The molecule has 0 atom stereocenters. The van der Waals surface area contributed by atoms with Gasteiger partial charge in [0.25, 0.3) is 0 Å². The molecule has 0 bridgehead atoms. The molecule has 0 spiro atoms. The summed E-state index contributed by atoms with van der Waals surface area (Å²) < 4.78 is 5.64. The highest BCUT2D eigenvalue weighted by Crippen LogP contribution is 2.36. The van der Waals surface area contributed by atoms with Crippen LogP contribution in [0, 0.1) is 20.0 Å². The molecule has 1 nitrogen and oxygen atoms in total. The zero-order valence-electron chi connectivity index (χ0n) is 8.27. The van der Waals surface area contributed by atoms with Crippen molar-refractivity contribution in [2.45, 2.75) is 38.9 Å². The van der Waals surface area contributed by atoms with Crippen LogP contribution in [0.15, 0.2) is 0 Å². The Hall–Kier alpha value is 0.177. The Morgan fingerprint density at radius 2 is 1.73 bits per heavy atom. The predicted octanol–water partition coefficient (Wildman–Crippen LogP) is 3.21. The summed E-state index contributed by atoms with van der Waals surface area (Å²) in [7, 11) is -1.55. The molecular weight excluding hydrogens is 152 g/mol. The first-order chi connectivity index (χ1) is 4.81. The van der Waals surface area contributed by atoms with Crippen LogP contribution in [-0.4, -0.2) is 8.32 Å². The van der Waals surface area contributed by atoms with Crippen molar-refractivity contribution in [2.24, 2.45) is 0 Å². The van der Waals surface area contributed by atoms with E-state index >= 15 is 0 Å². The molecule has 0 saturated heterocycles. The van der Waals surface area contributed by atoms with Crippen molar-refractivity contribution in [1.29, 1.82) is 0 Å². The first-order valence-electron chi connectivity index (χ1n) is 3.93. The van der Waals surface area contributed by atoms with Gasteiger partial charge in [0, 0.05) is 0 Å². The largest absolute Gasteiger partial charge is 0.411 e. The molecule has 0 saturated carbocycles. The van der Waals surface area contributed by atoms with E-state index in [0.717, 1.165) is 0 Å². The van der Waals surface area contributed by atoms with E-state index in [1.54, 1.807) is 13.0 Å². The molecule has 0 aliphatic heterocycles. The van der Waals surface area contributed by atoms with Crippen LogP contribution in [0.5, 0.6) is 0 Å². The van der Waals surface area contributed by atoms with Gasteiger partial charge < -0.3 is 4.43 Å². The molecule has 0 aromatic carbocycles. The fourth-order valence-corrected chi connectivity index (χ4v) is 1.18. The van der Waals surface area contributed by atoms with E-state index in [2.05, 4.69) is 40.8 Å². The first-order valence-corrected chi connectivity index (χ1v) is 6.84. The topological polar surface area (TPSA) is 9.23 Å². The summed E-state index contributed by atoms with van der Waals surface area (Å²) in [4.78, 5) is 0. The fraction of sp³-hybridized carbons (Fsp3) is 0.667. The third-order valence-corrected chi connectivity index (χ3v) is 6.60. The summed E-state index contributed by atoms with van der Waals surface area (Å²) in [5.41, 5.74) is 0. The maximum atomic E-state index is 5.64. The van der Waals surface area contributed by atoms with Crippen LogP contribution in [0.2, 0.25) is 18.1 Å². The SMILES string of the molecule is [CH2][CH][CH]O[Si](C)(C)C(C)(C)C. The number of hydrogen-bond acceptors (Lipinski definition) is 1. The van der Waals surface area contributed by atoms with Gasteiger partial charge in [-0.3, -0.25) is 0 Å². The molecule has 0 N–H and O–H groups in total. The van der Waals surface area contributed by atoms with Gasteiger partial charge >= 0.3 is 0 Å². The van der Waals surface area contributed by atoms with Crippen LogP contribution in [0.3, 0.4) is 0 Å². The monoisotopic (exact) mass is 171 g/mol. The quantitative estimate of drug-likeness (QED) is 0.592. The lowest BCUT2D eigenvalue weighted by Crippen LogP contribution is -2.39. The smallest absolute Gasteiger partial charge is 0.192 e. The van der Waals surface area contributed by atoms with Crippen LogP contribution in [0.4, 0.5) is 0 Å². The fourth-order valence-electron chi connectivity index (χ4n) is 0.395. The highest BCUT2D eigenvalue weighted by Gasteiger charge is 2.36. The third-order valence-electron chi connectivity index (χ3n) is 2.27. The minimum atomic E-state index is -1.55. The molecule has 0 fully saturated rings. The van der Waals surface area contributed by atoms with Crippen molar-refractivity contribution in [1.82, 2.24) is 0 Å². The van der Waals surface area contributed by atoms with Crippen LogP contribution in [-0.2, 0) is 4.43 Å². The Balaban J connectivity index is 4.00. The molecule has 0 rings (SSSR count). The van der Waals surface area contributed by atoms with E-state index < -0.39 is 8.32 Å². The Kier molecular flexibility index (Phi) is 3.78. The van der Waals surface area contributed by atoms with Gasteiger partial charge in [0.2, 0.25) is 0 Å². The van der Waals surface area contributed by atoms with Crippen molar-refractivity contribution in [3.05, 3.63) is 20.0 Å². The lowest BCUT2D eigenvalue weighted by atomic mass is 10.2. The molecule has 65 valence electrons. The van der Waals surface area contributed by atoms with E-state index in [9.17, 15) is 0 Å². The molecule has 3 radical (unpaired) electrons. The molecule has 0 aliphatic rings. The van der Waals surface area contributed by atoms with Crippen LogP contribution in [0.1, 0.15) is 20.8 Å². The highest BCUT2D eigenvalue weighted by atomic mass is 28.4. The summed E-state index contributed by atoms with van der Waals surface area (Å²) in [6, 6.07) is 0. The Morgan fingerprint density at radius 1 is 1.27 bits per heavy atom. The maximum absolute atomic E-state index is 5.64. The van der Waals surface area contributed by atoms with Gasteiger partial charge in [-0.1, -0.05) is 20.8 Å². The summed E-state index contributed by atoms with van der Waals surface area (Å²) >= 11 is 0. The van der Waals surface area contributed by atoms with Gasteiger partial charge in [0.1, 0.15) is 0 Å². The highest BCUT2D eigenvalue weighted by molar-refractivity contribution is 6.74. The average molecular weight is 171 g/mol. The van der Waals surface area contributed by atoms with Crippen LogP contribution < -0.4 is 0 Å². The molecule has 0 aliphatic carbocycles. The van der Waals surface area contributed by atoms with E-state index in [1.807, 2.05) is 0 Å². The van der Waals surface area contributed by atoms with E-state index in [-0.39, 0.29) is 5.04 Å². The average Bonchev–Trinajstić information content (AvgIpc) is 1.81. The van der Waals surface area contributed by atoms with Crippen molar-refractivity contribution in [3.8, 4) is 0 Å². The van der Waals surface area contributed by atoms with Crippen molar-refractivity contribution in [2.75, 3.05) is 0 Å². The van der Waals surface area contributed by atoms with Crippen LogP contribution in [0.25, 0.3) is 0 Å². The van der Waals surface area contributed by atoms with Gasteiger partial charge in [0.05, 0.1) is 6.61 Å². The van der Waals surface area contributed by atoms with Crippen molar-refractivity contribution < 1.29 is 4.43 Å². The zero-order chi connectivity index (χ0) is 9.12. The van der Waals surface area contributed by atoms with Gasteiger partial charge in [-0.2, -0.15) is 0 Å². The molecule has 0 heterocycles. The van der Waals surface area contributed by atoms with E-state index in [4.69, 9.17) is 4.43 Å². The van der Waals surface area contributed by atoms with Crippen LogP contribution >= 0.6 is 0 Å². The summed E-state index contributed by atoms with van der Waals surface area (Å²) in [5, 5.41) is 0.284. The maximum Gasteiger partial charge on any atom is 0.192 e. The normalized spacial score (nSPS) is 13.6. The summed E-state index contributed by atoms with van der Waals surface area (Å²) in [5.74, 6) is 0. The second-order valence-corrected chi connectivity index (χ2v) is 9.01. The minimum absolute atomic E-state index is 0.284. The number of rotatable bonds is 3. The molecule has 0 amide bonds. The lowest BCUT2D eigenvalue weighted by Gasteiger charge is -2.35. The second-order valence-electron chi connectivity index (χ2n) is 4.25. The molecule has 0 unspecified atom stereocenters. The zero-order valence-corrected chi connectivity index (χ0v) is 9.27. The number of hydrogen-bond donors (Lipinski definition) is 0. The van der Waals surface area contributed by atoms with Crippen molar-refractivity contribution in [3.63, 3.8) is 0 Å². The standard InChI is InChI=1S/C9H19OSi/c1-7-8-10-11(5,6)9(2,3)4/h7-8H,1H2,2-6H3. The summed E-state index contributed by atoms with van der Waals surface area (Å²) in [6.07, 6.45) is 1.69. The molecule has 0 aromatic rings. The lowest BCUT2D eigenvalue weighted by molar-refractivity contribution is 0.384. The molecular formula is C9H19OSi. The first kappa shape index (κ1) is 11.2. The molecule has 2 heteroatoms. The Bertz CT molecular complexity index is 113. The molecule has 11 heavy (non-hydrogen) atoms. The third kappa shape index (κ3) is 3.39. The van der Waals surface area contributed by atoms with Gasteiger partial charge in [-0.05, 0) is 31.5 Å². The van der Waals surface area contributed by atoms with Gasteiger partial charge in [-0.25, -0.2) is 0 Å². The second kappa shape index (κ2) is 3.72. The predicted molar refractivity (Wildman–Crippen MR) is 52.2 cm³/mol. The van der Waals surface area contributed by atoms with Gasteiger partial charge in [-0.15, -0.1) is 0 Å². The van der Waals surface area contributed by atoms with Gasteiger partial charge in [0.15, 0.2) is 8.32 Å². The Morgan fingerprint density at radius 3 is 2.00 bits per heavy atom. The van der Waals surface area contributed by atoms with E-state index in [0.29, 0.717) is 0 Å². The van der Waals surface area contributed by atoms with Crippen molar-refractivity contribution >= 4 is 8.32 Å². The Labute approximate surface area is 72.3 Å². The summed E-state index contributed by atoms with van der Waals surface area (Å²) in [6.45, 7) is 16.4. The minimum Gasteiger partial charge on any atom is -0.411 e. The molecule has 0 aromatic heterocycles.